The number of aromatic nitrogens is 2. The average molecular weight is 1050 g/mol. The van der Waals surface area contributed by atoms with Crippen LogP contribution in [-0.2, 0) is 0 Å². The topological polar surface area (TPSA) is 38.0 Å². The lowest BCUT2D eigenvalue weighted by Gasteiger charge is -2.26. The molecule has 0 bridgehead atoms. The molecule has 0 saturated heterocycles. The highest BCUT2D eigenvalue weighted by molar-refractivity contribution is 7.27. The summed E-state index contributed by atoms with van der Waals surface area (Å²) >= 11 is 3.61. The van der Waals surface area contributed by atoms with Crippen LogP contribution in [0.3, 0.4) is 0 Å². The molecule has 0 amide bonds. The van der Waals surface area contributed by atoms with Crippen LogP contribution in [0.2, 0.25) is 0 Å². The Morgan fingerprint density at radius 1 is 0.350 bits per heavy atom. The lowest BCUT2D eigenvalue weighted by atomic mass is 9.88. The third kappa shape index (κ3) is 6.65. The summed E-state index contributed by atoms with van der Waals surface area (Å²) in [6.45, 7) is 9.58. The minimum atomic E-state index is 0.402. The van der Waals surface area contributed by atoms with E-state index in [9.17, 15) is 11.8 Å². The molecule has 0 aliphatic carbocycles. The van der Waals surface area contributed by atoms with Crippen LogP contribution >= 0.6 is 22.7 Å². The fourth-order valence-corrected chi connectivity index (χ4v) is 15.4. The second kappa shape index (κ2) is 18.1. The van der Waals surface area contributed by atoms with Crippen LogP contribution < -0.4 is 0 Å². The molecule has 0 N–H and O–H groups in total. The molecule has 16 aromatic rings. The van der Waals surface area contributed by atoms with Gasteiger partial charge in [-0.1, -0.05) is 231 Å². The third-order valence-corrected chi connectivity index (χ3v) is 18.6. The third-order valence-electron chi connectivity index (χ3n) is 16.2. The van der Waals surface area contributed by atoms with Gasteiger partial charge in [-0.3, -0.25) is 0 Å². The Balaban J connectivity index is 1.17. The first-order valence-electron chi connectivity index (χ1n) is 26.8. The van der Waals surface area contributed by atoms with Gasteiger partial charge in [-0.05, 0) is 68.8 Å². The largest absolute Gasteiger partial charge is 0.318 e. The van der Waals surface area contributed by atoms with E-state index in [2.05, 4.69) is 251 Å². The Kier molecular flexibility index (Phi) is 10.4. The highest BCUT2D eigenvalue weighted by Gasteiger charge is 2.34. The van der Waals surface area contributed by atoms with Crippen molar-refractivity contribution in [3.05, 3.63) is 272 Å². The van der Waals surface area contributed by atoms with Crippen molar-refractivity contribution < 1.29 is 0 Å². The molecule has 0 atom stereocenters. The molecule has 0 spiro atoms. The average Bonchev–Trinajstić information content (AvgIpc) is 4.48. The van der Waals surface area contributed by atoms with Crippen LogP contribution in [0.25, 0.3) is 156 Å². The highest BCUT2D eigenvalue weighted by Crippen LogP contribution is 2.56. The minimum absolute atomic E-state index is 0.402. The summed E-state index contributed by atoms with van der Waals surface area (Å²) in [5.41, 5.74) is 16.1. The molecule has 80 heavy (non-hydrogen) atoms. The molecule has 0 aliphatic rings. The molecule has 0 radical (unpaired) electrons. The van der Waals surface area contributed by atoms with E-state index in [0.717, 1.165) is 114 Å². The fourth-order valence-electron chi connectivity index (χ4n) is 12.9. The van der Waals surface area contributed by atoms with E-state index in [1.807, 2.05) is 35.6 Å². The highest BCUT2D eigenvalue weighted by atomic mass is 32.1. The zero-order valence-electron chi connectivity index (χ0n) is 42.9. The summed E-state index contributed by atoms with van der Waals surface area (Å²) in [6, 6.07) is 93.3. The maximum absolute atomic E-state index is 12.4. The first kappa shape index (κ1) is 45.8. The molecule has 4 nitrogen and oxygen atoms in total. The van der Waals surface area contributed by atoms with Crippen molar-refractivity contribution in [2.24, 2.45) is 0 Å². The van der Waals surface area contributed by atoms with Gasteiger partial charge in [-0.2, -0.15) is 5.26 Å². The van der Waals surface area contributed by atoms with Crippen LogP contribution in [0.5, 0.6) is 0 Å². The molecule has 12 aromatic carbocycles. The maximum Gasteiger partial charge on any atom is 0.220 e. The van der Waals surface area contributed by atoms with Gasteiger partial charge in [0.2, 0.25) is 5.69 Å². The standard InChI is InChI=1S/C74H42N4S2/c1-76-68-64(48-28-13-5-14-29-48)58(44-75)69(65(49-30-15-6-16-31-49)72(68)77-59-35-19-17-33-56(59)67-60(77)43-42-51(46-24-9-3-10-25-46)63(67)47-26-11-4-12-27-47)78-70-53(38-40-55-52-32-18-20-36-61(52)79-73(55)70)54-39-41-57-66-50(45-22-7-2-8-23-45)34-21-37-62(66)80-74(57)71(54)78/h2-43H. The Labute approximate surface area is 468 Å². The monoisotopic (exact) mass is 1050 g/mol. The first-order chi connectivity index (χ1) is 39.7. The van der Waals surface area contributed by atoms with Crippen molar-refractivity contribution in [3.8, 4) is 73.1 Å². The predicted octanol–water partition coefficient (Wildman–Crippen LogP) is 21.4. The van der Waals surface area contributed by atoms with Gasteiger partial charge in [-0.25, -0.2) is 4.85 Å². The van der Waals surface area contributed by atoms with E-state index < -0.39 is 0 Å². The van der Waals surface area contributed by atoms with E-state index in [4.69, 9.17) is 0 Å². The number of rotatable bonds is 7. The SMILES string of the molecule is [C-]#[N+]c1c(-c2ccccc2)c(C#N)c(-n2c3c(ccc4c5ccccc5sc43)c3ccc4c(sc5cccc(-c6ccccc6)c54)c32)c(-c2ccccc2)c1-n1c2ccccc2c2c(-c3ccccc3)c(-c3ccccc3)ccc21. The number of hydrogen-bond acceptors (Lipinski definition) is 3. The Morgan fingerprint density at radius 3 is 1.49 bits per heavy atom. The van der Waals surface area contributed by atoms with Crippen molar-refractivity contribution in [3.63, 3.8) is 0 Å². The quantitative estimate of drug-likeness (QED) is 0.147. The van der Waals surface area contributed by atoms with E-state index >= 15 is 0 Å². The summed E-state index contributed by atoms with van der Waals surface area (Å²) in [5, 5.41) is 21.5. The lowest BCUT2D eigenvalue weighted by Crippen LogP contribution is -2.09. The summed E-state index contributed by atoms with van der Waals surface area (Å²) in [5.74, 6) is 0. The number of thiophene rings is 2. The van der Waals surface area contributed by atoms with Crippen LogP contribution in [0.1, 0.15) is 5.56 Å². The lowest BCUT2D eigenvalue weighted by molar-refractivity contribution is 1.14. The number of nitriles is 1. The zero-order valence-corrected chi connectivity index (χ0v) is 44.5. The summed E-state index contributed by atoms with van der Waals surface area (Å²) in [6.07, 6.45) is 0. The molecule has 0 aliphatic heterocycles. The van der Waals surface area contributed by atoms with Gasteiger partial charge in [0.25, 0.3) is 0 Å². The van der Waals surface area contributed by atoms with Crippen LogP contribution in [0.4, 0.5) is 5.69 Å². The molecule has 4 aromatic heterocycles. The van der Waals surface area contributed by atoms with Gasteiger partial charge >= 0.3 is 0 Å². The van der Waals surface area contributed by atoms with Crippen molar-refractivity contribution in [1.29, 1.82) is 5.26 Å². The second-order valence-corrected chi connectivity index (χ2v) is 22.5. The van der Waals surface area contributed by atoms with Gasteiger partial charge in [0.05, 0.1) is 55.0 Å². The molecule has 16 rings (SSSR count). The number of benzene rings is 12. The van der Waals surface area contributed by atoms with Gasteiger partial charge < -0.3 is 9.13 Å². The second-order valence-electron chi connectivity index (χ2n) is 20.4. The Bertz CT molecular complexity index is 5290. The van der Waals surface area contributed by atoms with E-state index in [1.54, 1.807) is 11.3 Å². The number of nitrogens with zero attached hydrogens (tertiary/aromatic N) is 4. The molecule has 370 valence electrons. The van der Waals surface area contributed by atoms with Gasteiger partial charge in [0.1, 0.15) is 6.07 Å². The van der Waals surface area contributed by atoms with Crippen molar-refractivity contribution in [1.82, 2.24) is 9.13 Å². The Morgan fingerprint density at radius 2 is 0.850 bits per heavy atom. The predicted molar refractivity (Wildman–Crippen MR) is 339 cm³/mol. The van der Waals surface area contributed by atoms with Crippen molar-refractivity contribution in [2.75, 3.05) is 0 Å². The number of para-hydroxylation sites is 1. The van der Waals surface area contributed by atoms with Crippen LogP contribution in [-0.4, -0.2) is 9.13 Å². The molecule has 4 heterocycles. The first-order valence-corrected chi connectivity index (χ1v) is 28.4. The van der Waals surface area contributed by atoms with Gasteiger partial charge in [0.15, 0.2) is 0 Å². The summed E-state index contributed by atoms with van der Waals surface area (Å²) in [7, 11) is 0. The van der Waals surface area contributed by atoms with Gasteiger partial charge in [-0.15, -0.1) is 22.7 Å². The summed E-state index contributed by atoms with van der Waals surface area (Å²) < 4.78 is 9.45. The van der Waals surface area contributed by atoms with E-state index in [-0.39, 0.29) is 0 Å². The number of fused-ring (bicyclic) bond motifs is 14. The molecule has 0 unspecified atom stereocenters. The molecule has 6 heteroatoms. The van der Waals surface area contributed by atoms with Crippen molar-refractivity contribution in [2.45, 2.75) is 0 Å². The van der Waals surface area contributed by atoms with Crippen LogP contribution in [0, 0.1) is 17.9 Å². The molecule has 0 fully saturated rings. The summed E-state index contributed by atoms with van der Waals surface area (Å²) in [4.78, 5) is 4.67. The normalized spacial score (nSPS) is 11.7. The molecular formula is C74H42N4S2. The Hall–Kier alpha value is -10.3. The van der Waals surface area contributed by atoms with Crippen molar-refractivity contribution >= 4 is 112 Å². The van der Waals surface area contributed by atoms with Gasteiger partial charge in [0, 0.05) is 63.6 Å². The van der Waals surface area contributed by atoms with Crippen LogP contribution in [0.15, 0.2) is 255 Å². The zero-order chi connectivity index (χ0) is 53.0. The fraction of sp³-hybridized carbons (Fsp3) is 0. The minimum Gasteiger partial charge on any atom is -0.318 e. The molecular weight excluding hydrogens is 1010 g/mol. The maximum atomic E-state index is 12.4. The number of hydrogen-bond donors (Lipinski definition) is 0. The van der Waals surface area contributed by atoms with E-state index in [1.165, 1.54) is 25.7 Å². The van der Waals surface area contributed by atoms with E-state index in [0.29, 0.717) is 22.5 Å². The smallest absolute Gasteiger partial charge is 0.220 e. The molecule has 0 saturated carbocycles.